The summed E-state index contributed by atoms with van der Waals surface area (Å²) in [6.45, 7) is 0.161. The normalized spacial score (nSPS) is 12.8. The average Bonchev–Trinajstić information content (AvgIpc) is 2.62. The first-order valence-corrected chi connectivity index (χ1v) is 9.99. The Morgan fingerprint density at radius 2 is 2.13 bits per heavy atom. The maximum absolute atomic E-state index is 11.8. The highest BCUT2D eigenvalue weighted by atomic mass is 32.2. The third-order valence-electron chi connectivity index (χ3n) is 3.04. The van der Waals surface area contributed by atoms with Crippen LogP contribution in [-0.4, -0.2) is 34.2 Å². The molecule has 0 aromatic carbocycles. The van der Waals surface area contributed by atoms with Gasteiger partial charge < -0.3 is 20.1 Å². The number of nitrogens with zero attached hydrogens (tertiary/aromatic N) is 3. The molecule has 0 atom stereocenters. The number of hydrogen-bond acceptors (Lipinski definition) is 8. The van der Waals surface area contributed by atoms with Crippen molar-refractivity contribution >= 4 is 34.5 Å². The summed E-state index contributed by atoms with van der Waals surface area (Å²) in [6, 6.07) is 0. The maximum atomic E-state index is 11.8. The lowest BCUT2D eigenvalue weighted by Gasteiger charge is -2.28. The van der Waals surface area contributed by atoms with Crippen LogP contribution < -0.4 is 25.6 Å². The summed E-state index contributed by atoms with van der Waals surface area (Å²) in [5, 5.41) is 0. The van der Waals surface area contributed by atoms with E-state index < -0.39 is 34.2 Å². The molecule has 0 saturated carbocycles. The van der Waals surface area contributed by atoms with Gasteiger partial charge in [0.05, 0.1) is 24.8 Å². The van der Waals surface area contributed by atoms with Gasteiger partial charge >= 0.3 is 5.65 Å². The SMILES string of the molecule is Cn1c[n+](CCCS(=O)(=O)CP(=O)([O-])[O-])c2nc(N)[nH]c(=O)c21. The second kappa shape index (κ2) is 6.04. The van der Waals surface area contributed by atoms with Crippen molar-refractivity contribution in [3.63, 3.8) is 0 Å². The van der Waals surface area contributed by atoms with Gasteiger partial charge in [0.15, 0.2) is 16.2 Å². The number of sulfone groups is 1. The lowest BCUT2D eigenvalue weighted by atomic mass is 10.4. The number of nitrogens with one attached hydrogen (secondary N) is 1. The number of anilines is 1. The van der Waals surface area contributed by atoms with Gasteiger partial charge in [-0.15, -0.1) is 0 Å². The Morgan fingerprint density at radius 3 is 2.74 bits per heavy atom. The second-order valence-electron chi connectivity index (χ2n) is 5.08. The van der Waals surface area contributed by atoms with Gasteiger partial charge in [0.2, 0.25) is 5.52 Å². The predicted molar refractivity (Wildman–Crippen MR) is 76.8 cm³/mol. The molecule has 2 aromatic rings. The molecule has 0 aliphatic rings. The molecule has 0 fully saturated rings. The highest BCUT2D eigenvalue weighted by molar-refractivity contribution is 7.97. The van der Waals surface area contributed by atoms with Gasteiger partial charge in [-0.25, -0.2) is 13.0 Å². The van der Waals surface area contributed by atoms with Crippen LogP contribution in [0.15, 0.2) is 11.1 Å². The molecule has 0 aliphatic carbocycles. The molecule has 23 heavy (non-hydrogen) atoms. The van der Waals surface area contributed by atoms with E-state index in [1.165, 1.54) is 9.13 Å². The Morgan fingerprint density at radius 1 is 1.48 bits per heavy atom. The van der Waals surface area contributed by atoms with Crippen LogP contribution in [0.3, 0.4) is 0 Å². The molecule has 2 heterocycles. The molecule has 2 rings (SSSR count). The zero-order chi connectivity index (χ0) is 17.4. The Kier molecular flexibility index (Phi) is 4.62. The fourth-order valence-corrected chi connectivity index (χ4v) is 5.25. The molecule has 0 unspecified atom stereocenters. The predicted octanol–water partition coefficient (Wildman–Crippen LogP) is -3.19. The van der Waals surface area contributed by atoms with E-state index in [2.05, 4.69) is 9.97 Å². The minimum Gasteiger partial charge on any atom is -0.810 e. The van der Waals surface area contributed by atoms with Gasteiger partial charge in [-0.3, -0.25) is 14.3 Å². The summed E-state index contributed by atoms with van der Waals surface area (Å²) in [6.07, 6.45) is 1.60. The molecule has 0 spiro atoms. The first-order valence-electron chi connectivity index (χ1n) is 6.44. The topological polar surface area (TPSA) is 178 Å². The molecule has 0 saturated heterocycles. The van der Waals surface area contributed by atoms with Gasteiger partial charge in [-0.05, 0) is 6.42 Å². The third-order valence-corrected chi connectivity index (χ3v) is 6.79. The molecule has 0 amide bonds. The van der Waals surface area contributed by atoms with Crippen LogP contribution in [0.4, 0.5) is 5.95 Å². The zero-order valence-corrected chi connectivity index (χ0v) is 13.8. The van der Waals surface area contributed by atoms with E-state index in [0.29, 0.717) is 0 Å². The number of nitrogen functional groups attached to an aromatic ring is 1. The first-order chi connectivity index (χ1) is 10.5. The van der Waals surface area contributed by atoms with Crippen LogP contribution in [0.5, 0.6) is 0 Å². The smallest absolute Gasteiger partial charge is 0.311 e. The lowest BCUT2D eigenvalue weighted by Crippen LogP contribution is -2.35. The largest absolute Gasteiger partial charge is 0.810 e. The number of aromatic nitrogens is 4. The van der Waals surface area contributed by atoms with Gasteiger partial charge in [-0.1, -0.05) is 12.6 Å². The van der Waals surface area contributed by atoms with Gasteiger partial charge in [-0.2, -0.15) is 0 Å². The van der Waals surface area contributed by atoms with Crippen molar-refractivity contribution in [1.29, 1.82) is 0 Å². The Bertz CT molecular complexity index is 943. The number of aryl methyl sites for hydroxylation is 2. The van der Waals surface area contributed by atoms with Crippen LogP contribution >= 0.6 is 7.60 Å². The Labute approximate surface area is 130 Å². The molecule has 0 radical (unpaired) electrons. The van der Waals surface area contributed by atoms with Crippen molar-refractivity contribution in [3.8, 4) is 0 Å². The molecule has 2 aromatic heterocycles. The fraction of sp³-hybridized carbons (Fsp3) is 0.500. The molecule has 128 valence electrons. The number of fused-ring (bicyclic) bond motifs is 1. The molecule has 0 aliphatic heterocycles. The number of hydrogen-bond donors (Lipinski definition) is 2. The number of nitrogens with two attached hydrogens (primary N) is 1. The minimum atomic E-state index is -5.12. The molecule has 3 N–H and O–H groups in total. The van der Waals surface area contributed by atoms with E-state index in [1.54, 1.807) is 13.4 Å². The number of H-pyrrole nitrogens is 1. The van der Waals surface area contributed by atoms with E-state index in [0.717, 1.165) is 0 Å². The standard InChI is InChI=1S/C10H16N5O6PS/c1-14-5-15(8-7(14)9(16)13-10(11)12-8)3-2-4-23(20,21)6-22(17,18)19/h5H,2-4,6H2,1H3,(H4-,11,12,13,16,17,18,19)/p-1. The second-order valence-corrected chi connectivity index (χ2v) is 9.23. The molecular weight excluding hydrogens is 349 g/mol. The van der Waals surface area contributed by atoms with Gasteiger partial charge in [0.1, 0.15) is 0 Å². The Balaban J connectivity index is 2.18. The third kappa shape index (κ3) is 4.38. The van der Waals surface area contributed by atoms with Gasteiger partial charge in [0.25, 0.3) is 11.5 Å². The van der Waals surface area contributed by atoms with Crippen molar-refractivity contribution in [3.05, 3.63) is 16.7 Å². The minimum absolute atomic E-state index is 0.0560. The van der Waals surface area contributed by atoms with Gasteiger partial charge in [0, 0.05) is 0 Å². The summed E-state index contributed by atoms with van der Waals surface area (Å²) in [5.41, 5.74) is 4.21. The summed E-state index contributed by atoms with van der Waals surface area (Å²) in [7, 11) is -7.50. The summed E-state index contributed by atoms with van der Waals surface area (Å²) >= 11 is 0. The maximum Gasteiger partial charge on any atom is 0.311 e. The quantitative estimate of drug-likeness (QED) is 0.397. The van der Waals surface area contributed by atoms with Crippen molar-refractivity contribution in [1.82, 2.24) is 14.5 Å². The summed E-state index contributed by atoms with van der Waals surface area (Å²) in [5.74, 6) is -0.544. The molecule has 11 nitrogen and oxygen atoms in total. The highest BCUT2D eigenvalue weighted by Crippen LogP contribution is 2.25. The van der Waals surface area contributed by atoms with Crippen LogP contribution in [0.2, 0.25) is 0 Å². The molecule has 13 heteroatoms. The van der Waals surface area contributed by atoms with E-state index in [9.17, 15) is 27.6 Å². The highest BCUT2D eigenvalue weighted by Gasteiger charge is 2.20. The van der Waals surface area contributed by atoms with Crippen molar-refractivity contribution in [2.45, 2.75) is 13.0 Å². The van der Waals surface area contributed by atoms with E-state index in [4.69, 9.17) is 5.73 Å². The first kappa shape index (κ1) is 17.6. The summed E-state index contributed by atoms with van der Waals surface area (Å²) < 4.78 is 36.7. The van der Waals surface area contributed by atoms with E-state index in [-0.39, 0.29) is 30.1 Å². The van der Waals surface area contributed by atoms with Crippen LogP contribution in [0, 0.1) is 0 Å². The summed E-state index contributed by atoms with van der Waals surface area (Å²) in [4.78, 5) is 39.3. The van der Waals surface area contributed by atoms with E-state index >= 15 is 0 Å². The zero-order valence-electron chi connectivity index (χ0n) is 12.1. The molecule has 0 bridgehead atoms. The Hall–Kier alpha value is -1.75. The van der Waals surface area contributed by atoms with Crippen molar-refractivity contribution in [2.75, 3.05) is 17.0 Å². The monoisotopic (exact) mass is 364 g/mol. The van der Waals surface area contributed by atoms with Crippen LogP contribution in [-0.2, 0) is 28.0 Å². The van der Waals surface area contributed by atoms with Crippen molar-refractivity contribution in [2.24, 2.45) is 7.05 Å². The van der Waals surface area contributed by atoms with Crippen molar-refractivity contribution < 1.29 is 27.3 Å². The fourth-order valence-electron chi connectivity index (χ4n) is 2.24. The number of imidazole rings is 1. The van der Waals surface area contributed by atoms with Crippen LogP contribution in [0.1, 0.15) is 6.42 Å². The number of aromatic amines is 1. The average molecular weight is 364 g/mol. The number of rotatable bonds is 6. The lowest BCUT2D eigenvalue weighted by molar-refractivity contribution is -0.673. The van der Waals surface area contributed by atoms with Crippen LogP contribution in [0.25, 0.3) is 11.2 Å². The van der Waals surface area contributed by atoms with E-state index in [1.807, 2.05) is 0 Å². The molecular formula is C10H15N5O6PS-.